The van der Waals surface area contributed by atoms with Crippen LogP contribution in [0.4, 0.5) is 8.78 Å². The molecule has 0 radical (unpaired) electrons. The van der Waals surface area contributed by atoms with Crippen molar-refractivity contribution in [3.05, 3.63) is 64.9 Å². The number of ether oxygens (including phenoxy) is 1. The molecule has 1 amide bonds. The molecule has 0 spiro atoms. The number of benzene rings is 1. The van der Waals surface area contributed by atoms with E-state index >= 15 is 0 Å². The summed E-state index contributed by atoms with van der Waals surface area (Å²) in [5.41, 5.74) is 0.747. The number of hydrogen-bond donors (Lipinski definition) is 0. The monoisotopic (exact) mass is 337 g/mol. The van der Waals surface area contributed by atoms with E-state index in [1.807, 2.05) is 17.5 Å². The quantitative estimate of drug-likeness (QED) is 0.679. The van der Waals surface area contributed by atoms with Crippen molar-refractivity contribution in [2.75, 3.05) is 6.54 Å². The first kappa shape index (κ1) is 17.1. The SMILES string of the molecule is C=CCN(Cc1cccs1)C(=O)Cc1ccc(OC(F)F)cc1. The fraction of sp³-hybridized carbons (Fsp3) is 0.235. The first-order valence-corrected chi connectivity index (χ1v) is 7.91. The first-order valence-electron chi connectivity index (χ1n) is 7.03. The van der Waals surface area contributed by atoms with Crippen molar-refractivity contribution in [2.24, 2.45) is 0 Å². The molecule has 2 aromatic rings. The smallest absolute Gasteiger partial charge is 0.387 e. The van der Waals surface area contributed by atoms with Gasteiger partial charge in [-0.3, -0.25) is 4.79 Å². The van der Waals surface area contributed by atoms with Crippen molar-refractivity contribution in [1.82, 2.24) is 4.90 Å². The lowest BCUT2D eigenvalue weighted by atomic mass is 10.1. The summed E-state index contributed by atoms with van der Waals surface area (Å²) in [5.74, 6) is 0.0403. The van der Waals surface area contributed by atoms with Crippen LogP contribution in [0.3, 0.4) is 0 Å². The number of carbonyl (C=O) groups is 1. The summed E-state index contributed by atoms with van der Waals surface area (Å²) in [6.07, 6.45) is 1.89. The van der Waals surface area contributed by atoms with Gasteiger partial charge in [0.15, 0.2) is 0 Å². The first-order chi connectivity index (χ1) is 11.1. The molecule has 0 atom stereocenters. The standard InChI is InChI=1S/C17H17F2NO2S/c1-2-9-20(12-15-4-3-10-23-15)16(21)11-13-5-7-14(8-6-13)22-17(18)19/h2-8,10,17H,1,9,11-12H2. The van der Waals surface area contributed by atoms with Gasteiger partial charge < -0.3 is 9.64 Å². The van der Waals surface area contributed by atoms with E-state index in [-0.39, 0.29) is 18.1 Å². The number of carbonyl (C=O) groups excluding carboxylic acids is 1. The van der Waals surface area contributed by atoms with E-state index in [9.17, 15) is 13.6 Å². The van der Waals surface area contributed by atoms with Gasteiger partial charge in [-0.25, -0.2) is 0 Å². The van der Waals surface area contributed by atoms with Crippen molar-refractivity contribution in [3.8, 4) is 5.75 Å². The Bertz CT molecular complexity index is 627. The van der Waals surface area contributed by atoms with E-state index in [0.29, 0.717) is 13.1 Å². The van der Waals surface area contributed by atoms with Crippen LogP contribution in [0.15, 0.2) is 54.4 Å². The number of thiophene rings is 1. The van der Waals surface area contributed by atoms with Crippen LogP contribution in [0.2, 0.25) is 0 Å². The predicted molar refractivity (Wildman–Crippen MR) is 86.7 cm³/mol. The van der Waals surface area contributed by atoms with Gasteiger partial charge >= 0.3 is 6.61 Å². The van der Waals surface area contributed by atoms with Crippen molar-refractivity contribution in [2.45, 2.75) is 19.6 Å². The second-order valence-corrected chi connectivity index (χ2v) is 5.87. The highest BCUT2D eigenvalue weighted by molar-refractivity contribution is 7.09. The Hall–Kier alpha value is -2.21. The fourth-order valence-corrected chi connectivity index (χ4v) is 2.80. The van der Waals surface area contributed by atoms with Crippen LogP contribution in [0.1, 0.15) is 10.4 Å². The molecule has 0 aliphatic carbocycles. The maximum atomic E-state index is 12.4. The summed E-state index contributed by atoms with van der Waals surface area (Å²) in [6.45, 7) is 1.83. The highest BCUT2D eigenvalue weighted by Gasteiger charge is 2.14. The van der Waals surface area contributed by atoms with E-state index in [2.05, 4.69) is 11.3 Å². The van der Waals surface area contributed by atoms with Gasteiger partial charge in [-0.1, -0.05) is 24.3 Å². The average molecular weight is 337 g/mol. The molecule has 122 valence electrons. The average Bonchev–Trinajstić information content (AvgIpc) is 3.01. The molecule has 0 fully saturated rings. The number of amides is 1. The van der Waals surface area contributed by atoms with Gasteiger partial charge in [0.2, 0.25) is 5.91 Å². The van der Waals surface area contributed by atoms with Crippen molar-refractivity contribution in [1.29, 1.82) is 0 Å². The lowest BCUT2D eigenvalue weighted by Gasteiger charge is -2.20. The molecule has 0 aliphatic heterocycles. The Labute approximate surface area is 137 Å². The Balaban J connectivity index is 1.98. The third kappa shape index (κ3) is 5.49. The van der Waals surface area contributed by atoms with Crippen LogP contribution >= 0.6 is 11.3 Å². The Kier molecular flexibility index (Phi) is 6.29. The number of halogens is 2. The molecule has 0 saturated heterocycles. The summed E-state index contributed by atoms with van der Waals surface area (Å²) in [4.78, 5) is 15.2. The van der Waals surface area contributed by atoms with Crippen LogP contribution in [0, 0.1) is 0 Å². The zero-order chi connectivity index (χ0) is 16.7. The van der Waals surface area contributed by atoms with Gasteiger partial charge in [0.25, 0.3) is 0 Å². The molecule has 6 heteroatoms. The van der Waals surface area contributed by atoms with Crippen molar-refractivity contribution in [3.63, 3.8) is 0 Å². The van der Waals surface area contributed by atoms with E-state index < -0.39 is 6.61 Å². The normalized spacial score (nSPS) is 10.6. The van der Waals surface area contributed by atoms with Gasteiger partial charge in [-0.2, -0.15) is 8.78 Å². The molecule has 0 aliphatic rings. The minimum absolute atomic E-state index is 0.0409. The minimum Gasteiger partial charge on any atom is -0.435 e. The Morgan fingerprint density at radius 2 is 2.04 bits per heavy atom. The molecular weight excluding hydrogens is 320 g/mol. The molecule has 1 heterocycles. The minimum atomic E-state index is -2.85. The zero-order valence-corrected chi connectivity index (χ0v) is 13.3. The van der Waals surface area contributed by atoms with Crippen LogP contribution in [0.25, 0.3) is 0 Å². The molecule has 0 N–H and O–H groups in total. The lowest BCUT2D eigenvalue weighted by molar-refractivity contribution is -0.130. The summed E-state index contributed by atoms with van der Waals surface area (Å²) in [7, 11) is 0. The summed E-state index contributed by atoms with van der Waals surface area (Å²) < 4.78 is 28.5. The second kappa shape index (κ2) is 8.43. The predicted octanol–water partition coefficient (Wildman–Crippen LogP) is 4.11. The molecule has 0 saturated carbocycles. The molecule has 1 aromatic heterocycles. The lowest BCUT2D eigenvalue weighted by Crippen LogP contribution is -2.31. The van der Waals surface area contributed by atoms with Crippen LogP contribution in [0.5, 0.6) is 5.75 Å². The van der Waals surface area contributed by atoms with E-state index in [1.54, 1.807) is 34.4 Å². The number of rotatable bonds is 8. The summed E-state index contributed by atoms with van der Waals surface area (Å²) >= 11 is 1.59. The van der Waals surface area contributed by atoms with E-state index in [1.165, 1.54) is 12.1 Å². The molecule has 23 heavy (non-hydrogen) atoms. The summed E-state index contributed by atoms with van der Waals surface area (Å²) in [5, 5.41) is 1.97. The van der Waals surface area contributed by atoms with Crippen LogP contribution in [-0.2, 0) is 17.8 Å². The fourth-order valence-electron chi connectivity index (χ4n) is 2.08. The van der Waals surface area contributed by atoms with Crippen molar-refractivity contribution >= 4 is 17.2 Å². The van der Waals surface area contributed by atoms with Gasteiger partial charge in [0.05, 0.1) is 13.0 Å². The largest absolute Gasteiger partial charge is 0.435 e. The molecule has 1 aromatic carbocycles. The third-order valence-corrected chi connectivity index (χ3v) is 3.99. The molecule has 2 rings (SSSR count). The van der Waals surface area contributed by atoms with Crippen LogP contribution in [-0.4, -0.2) is 24.0 Å². The number of nitrogens with zero attached hydrogens (tertiary/aromatic N) is 1. The Morgan fingerprint density at radius 3 is 2.61 bits per heavy atom. The van der Waals surface area contributed by atoms with Crippen LogP contribution < -0.4 is 4.74 Å². The highest BCUT2D eigenvalue weighted by atomic mass is 32.1. The topological polar surface area (TPSA) is 29.5 Å². The van der Waals surface area contributed by atoms with Crippen molar-refractivity contribution < 1.29 is 18.3 Å². The maximum Gasteiger partial charge on any atom is 0.387 e. The number of alkyl halides is 2. The molecule has 3 nitrogen and oxygen atoms in total. The molecular formula is C17H17F2NO2S. The molecule has 0 bridgehead atoms. The highest BCUT2D eigenvalue weighted by Crippen LogP contribution is 2.17. The Morgan fingerprint density at radius 1 is 1.30 bits per heavy atom. The third-order valence-electron chi connectivity index (χ3n) is 3.13. The maximum absolute atomic E-state index is 12.4. The zero-order valence-electron chi connectivity index (χ0n) is 12.5. The second-order valence-electron chi connectivity index (χ2n) is 4.84. The van der Waals surface area contributed by atoms with E-state index in [4.69, 9.17) is 0 Å². The summed E-state index contributed by atoms with van der Waals surface area (Å²) in [6, 6.07) is 10.0. The van der Waals surface area contributed by atoms with Gasteiger partial charge in [-0.05, 0) is 29.1 Å². The number of hydrogen-bond acceptors (Lipinski definition) is 3. The molecule has 0 unspecified atom stereocenters. The van der Waals surface area contributed by atoms with Gasteiger partial charge in [0.1, 0.15) is 5.75 Å². The van der Waals surface area contributed by atoms with E-state index in [0.717, 1.165) is 10.4 Å². The van der Waals surface area contributed by atoms with Gasteiger partial charge in [0, 0.05) is 11.4 Å². The van der Waals surface area contributed by atoms with Gasteiger partial charge in [-0.15, -0.1) is 17.9 Å².